The van der Waals surface area contributed by atoms with Gasteiger partial charge in [0, 0.05) is 12.1 Å². The molecule has 86 valence electrons. The lowest BCUT2D eigenvalue weighted by Gasteiger charge is -2.27. The lowest BCUT2D eigenvalue weighted by molar-refractivity contribution is -0.144. The summed E-state index contributed by atoms with van der Waals surface area (Å²) in [6.45, 7) is 0. The number of carbonyl (C=O) groups is 1. The van der Waals surface area contributed by atoms with Crippen molar-refractivity contribution in [3.63, 3.8) is 0 Å². The van der Waals surface area contributed by atoms with Crippen molar-refractivity contribution >= 4 is 5.97 Å². The van der Waals surface area contributed by atoms with Crippen LogP contribution < -0.4 is 5.32 Å². The Labute approximate surface area is 90.6 Å². The van der Waals surface area contributed by atoms with E-state index in [-0.39, 0.29) is 0 Å². The van der Waals surface area contributed by atoms with E-state index in [1.165, 1.54) is 0 Å². The first kappa shape index (κ1) is 10.9. The summed E-state index contributed by atoms with van der Waals surface area (Å²) in [5.74, 6) is -0.668. The van der Waals surface area contributed by atoms with Gasteiger partial charge in [0.2, 0.25) is 0 Å². The fourth-order valence-electron chi connectivity index (χ4n) is 2.47. The molecule has 0 aromatic carbocycles. The molecule has 2 N–H and O–H groups in total. The molecular formula is C11H20N2O2. The minimum atomic E-state index is -0.668. The van der Waals surface area contributed by atoms with Gasteiger partial charge in [0.15, 0.2) is 0 Å². The third-order valence-corrected chi connectivity index (χ3v) is 3.69. The standard InChI is InChI=1S/C11H20N2O2/c1-13(2)9-5-6-11(7-9,10(14)15)12-8-3-4-8/h8-9,12H,3-7H2,1-2H3,(H,14,15). The summed E-state index contributed by atoms with van der Waals surface area (Å²) in [7, 11) is 4.06. The minimum Gasteiger partial charge on any atom is -0.480 e. The molecule has 0 heterocycles. The fourth-order valence-corrected chi connectivity index (χ4v) is 2.47. The van der Waals surface area contributed by atoms with Gasteiger partial charge in [0.1, 0.15) is 5.54 Å². The maximum absolute atomic E-state index is 11.4. The molecule has 0 bridgehead atoms. The van der Waals surface area contributed by atoms with E-state index >= 15 is 0 Å². The average Bonchev–Trinajstić information content (AvgIpc) is 2.82. The van der Waals surface area contributed by atoms with Crippen molar-refractivity contribution in [1.82, 2.24) is 10.2 Å². The lowest BCUT2D eigenvalue weighted by Crippen LogP contribution is -2.52. The second-order valence-electron chi connectivity index (χ2n) is 5.17. The maximum Gasteiger partial charge on any atom is 0.323 e. The molecule has 0 radical (unpaired) electrons. The third-order valence-electron chi connectivity index (χ3n) is 3.69. The second-order valence-corrected chi connectivity index (χ2v) is 5.17. The molecule has 0 aliphatic heterocycles. The van der Waals surface area contributed by atoms with Gasteiger partial charge in [-0.3, -0.25) is 10.1 Å². The first-order chi connectivity index (χ1) is 7.03. The first-order valence-corrected chi connectivity index (χ1v) is 5.71. The predicted octanol–water partition coefficient (Wildman–Crippen LogP) is 0.676. The Hall–Kier alpha value is -0.610. The number of carboxylic acids is 1. The summed E-state index contributed by atoms with van der Waals surface area (Å²) < 4.78 is 0. The largest absolute Gasteiger partial charge is 0.480 e. The molecule has 2 atom stereocenters. The zero-order valence-electron chi connectivity index (χ0n) is 9.49. The molecule has 4 nitrogen and oxygen atoms in total. The molecule has 2 unspecified atom stereocenters. The molecule has 2 aliphatic carbocycles. The molecule has 2 fully saturated rings. The van der Waals surface area contributed by atoms with Crippen LogP contribution in [0.2, 0.25) is 0 Å². The van der Waals surface area contributed by atoms with Gasteiger partial charge in [-0.25, -0.2) is 0 Å². The minimum absolute atomic E-state index is 0.410. The highest BCUT2D eigenvalue weighted by molar-refractivity contribution is 5.79. The Morgan fingerprint density at radius 3 is 2.47 bits per heavy atom. The summed E-state index contributed by atoms with van der Waals surface area (Å²) in [5.41, 5.74) is -0.643. The highest BCUT2D eigenvalue weighted by atomic mass is 16.4. The Morgan fingerprint density at radius 1 is 1.40 bits per heavy atom. The summed E-state index contributed by atoms with van der Waals surface area (Å²) in [4.78, 5) is 13.5. The number of hydrogen-bond acceptors (Lipinski definition) is 3. The van der Waals surface area contributed by atoms with Gasteiger partial charge < -0.3 is 10.0 Å². The van der Waals surface area contributed by atoms with Crippen LogP contribution in [0.25, 0.3) is 0 Å². The number of carboxylic acid groups (broad SMARTS) is 1. The molecule has 4 heteroatoms. The van der Waals surface area contributed by atoms with Crippen LogP contribution in [0.4, 0.5) is 0 Å². The smallest absolute Gasteiger partial charge is 0.323 e. The van der Waals surface area contributed by atoms with Gasteiger partial charge in [-0.05, 0) is 46.2 Å². The molecule has 15 heavy (non-hydrogen) atoms. The summed E-state index contributed by atoms with van der Waals surface area (Å²) in [6, 6.07) is 0.870. The highest BCUT2D eigenvalue weighted by Gasteiger charge is 2.48. The van der Waals surface area contributed by atoms with E-state index in [4.69, 9.17) is 0 Å². The van der Waals surface area contributed by atoms with E-state index < -0.39 is 11.5 Å². The van der Waals surface area contributed by atoms with E-state index in [0.29, 0.717) is 12.1 Å². The van der Waals surface area contributed by atoms with Crippen molar-refractivity contribution in [3.05, 3.63) is 0 Å². The quantitative estimate of drug-likeness (QED) is 0.719. The normalized spacial score (nSPS) is 36.1. The van der Waals surface area contributed by atoms with Crippen molar-refractivity contribution in [2.75, 3.05) is 14.1 Å². The van der Waals surface area contributed by atoms with E-state index in [9.17, 15) is 9.90 Å². The highest BCUT2D eigenvalue weighted by Crippen LogP contribution is 2.35. The molecule has 0 aromatic heterocycles. The van der Waals surface area contributed by atoms with Gasteiger partial charge in [0.25, 0.3) is 0 Å². The van der Waals surface area contributed by atoms with Crippen LogP contribution in [-0.4, -0.2) is 47.7 Å². The number of hydrogen-bond donors (Lipinski definition) is 2. The maximum atomic E-state index is 11.4. The van der Waals surface area contributed by atoms with E-state index in [1.54, 1.807) is 0 Å². The third kappa shape index (κ3) is 2.16. The number of nitrogens with one attached hydrogen (secondary N) is 1. The Bertz CT molecular complexity index is 263. The van der Waals surface area contributed by atoms with Crippen molar-refractivity contribution in [3.8, 4) is 0 Å². The predicted molar refractivity (Wildman–Crippen MR) is 57.9 cm³/mol. The molecule has 2 saturated carbocycles. The van der Waals surface area contributed by atoms with Crippen molar-refractivity contribution in [2.24, 2.45) is 0 Å². The molecule has 0 saturated heterocycles. The monoisotopic (exact) mass is 212 g/mol. The number of aliphatic carboxylic acids is 1. The molecule has 0 amide bonds. The Morgan fingerprint density at radius 2 is 2.07 bits per heavy atom. The van der Waals surface area contributed by atoms with Gasteiger partial charge >= 0.3 is 5.97 Å². The summed E-state index contributed by atoms with van der Waals surface area (Å²) in [6.07, 6.45) is 4.77. The van der Waals surface area contributed by atoms with Crippen LogP contribution in [0, 0.1) is 0 Å². The summed E-state index contributed by atoms with van der Waals surface area (Å²) in [5, 5.41) is 12.7. The Balaban J connectivity index is 2.04. The SMILES string of the molecule is CN(C)C1CCC(NC2CC2)(C(=O)O)C1. The molecule has 0 spiro atoms. The van der Waals surface area contributed by atoms with Crippen LogP contribution in [0.15, 0.2) is 0 Å². The Kier molecular flexibility index (Phi) is 2.73. The van der Waals surface area contributed by atoms with Crippen molar-refractivity contribution in [1.29, 1.82) is 0 Å². The van der Waals surface area contributed by atoms with E-state index in [0.717, 1.165) is 32.1 Å². The molecule has 0 aromatic rings. The fraction of sp³-hybridized carbons (Fsp3) is 0.909. The van der Waals surface area contributed by atoms with E-state index in [2.05, 4.69) is 10.2 Å². The van der Waals surface area contributed by atoms with Crippen LogP contribution in [0.3, 0.4) is 0 Å². The van der Waals surface area contributed by atoms with E-state index in [1.807, 2.05) is 14.1 Å². The molecule has 2 aliphatic rings. The van der Waals surface area contributed by atoms with Gasteiger partial charge in [-0.1, -0.05) is 0 Å². The van der Waals surface area contributed by atoms with Gasteiger partial charge in [0.05, 0.1) is 0 Å². The van der Waals surface area contributed by atoms with Crippen LogP contribution in [0.1, 0.15) is 32.1 Å². The zero-order chi connectivity index (χ0) is 11.1. The van der Waals surface area contributed by atoms with Crippen LogP contribution in [0.5, 0.6) is 0 Å². The van der Waals surface area contributed by atoms with Gasteiger partial charge in [-0.15, -0.1) is 0 Å². The number of rotatable bonds is 4. The summed E-state index contributed by atoms with van der Waals surface area (Å²) >= 11 is 0. The molecule has 2 rings (SSSR count). The van der Waals surface area contributed by atoms with Crippen LogP contribution in [-0.2, 0) is 4.79 Å². The zero-order valence-corrected chi connectivity index (χ0v) is 9.49. The van der Waals surface area contributed by atoms with Crippen molar-refractivity contribution in [2.45, 2.75) is 49.7 Å². The second kappa shape index (κ2) is 3.76. The van der Waals surface area contributed by atoms with Crippen molar-refractivity contribution < 1.29 is 9.90 Å². The molecular weight excluding hydrogens is 192 g/mol. The lowest BCUT2D eigenvalue weighted by atomic mass is 9.97. The first-order valence-electron chi connectivity index (χ1n) is 5.71. The topological polar surface area (TPSA) is 52.6 Å². The number of nitrogens with zero attached hydrogens (tertiary/aromatic N) is 1. The van der Waals surface area contributed by atoms with Gasteiger partial charge in [-0.2, -0.15) is 0 Å². The average molecular weight is 212 g/mol. The van der Waals surface area contributed by atoms with Crippen LogP contribution >= 0.6 is 0 Å².